The summed E-state index contributed by atoms with van der Waals surface area (Å²) in [6, 6.07) is 13.1. The van der Waals surface area contributed by atoms with Gasteiger partial charge in [0.15, 0.2) is 5.60 Å². The van der Waals surface area contributed by atoms with Crippen LogP contribution in [0.3, 0.4) is 0 Å². The second-order valence-electron chi connectivity index (χ2n) is 5.50. The summed E-state index contributed by atoms with van der Waals surface area (Å²) < 4.78 is 10.8. The Kier molecular flexibility index (Phi) is 3.62. The fourth-order valence-electron chi connectivity index (χ4n) is 2.58. The van der Waals surface area contributed by atoms with Crippen LogP contribution >= 0.6 is 0 Å². The first-order valence-corrected chi connectivity index (χ1v) is 7.31. The minimum Gasteiger partial charge on any atom is -0.464 e. The number of aliphatic hydroxyl groups is 1. The summed E-state index contributed by atoms with van der Waals surface area (Å²) in [5.74, 6) is 0.953. The van der Waals surface area contributed by atoms with Gasteiger partial charge in [-0.3, -0.25) is 0 Å². The van der Waals surface area contributed by atoms with E-state index in [1.807, 2.05) is 30.3 Å². The van der Waals surface area contributed by atoms with Crippen molar-refractivity contribution >= 4 is 5.97 Å². The summed E-state index contributed by atoms with van der Waals surface area (Å²) in [6.07, 6.45) is 0.707. The van der Waals surface area contributed by atoms with Gasteiger partial charge in [-0.15, -0.1) is 0 Å². The van der Waals surface area contributed by atoms with Crippen molar-refractivity contribution in [2.24, 2.45) is 0 Å². The molecule has 1 aliphatic rings. The molecule has 0 fully saturated rings. The molecule has 22 heavy (non-hydrogen) atoms. The Morgan fingerprint density at radius 2 is 1.95 bits per heavy atom. The highest BCUT2D eigenvalue weighted by Crippen LogP contribution is 2.38. The number of carbonyl (C=O) groups excluding carboxylic acids is 1. The van der Waals surface area contributed by atoms with Crippen LogP contribution in [-0.4, -0.2) is 17.7 Å². The van der Waals surface area contributed by atoms with Gasteiger partial charge in [-0.1, -0.05) is 24.3 Å². The minimum absolute atomic E-state index is 0.233. The number of para-hydroxylation sites is 1. The number of hydrogen-bond donors (Lipinski definition) is 1. The van der Waals surface area contributed by atoms with Gasteiger partial charge in [0.05, 0.1) is 6.61 Å². The van der Waals surface area contributed by atoms with E-state index in [-0.39, 0.29) is 6.61 Å². The highest BCUT2D eigenvalue weighted by atomic mass is 16.5. The number of ether oxygens (including phenoxy) is 2. The summed E-state index contributed by atoms with van der Waals surface area (Å²) in [5.41, 5.74) is 0.874. The quantitative estimate of drug-likeness (QED) is 0.755. The highest BCUT2D eigenvalue weighted by molar-refractivity contribution is 5.80. The standard InChI is InChI=1S/C18H18O4/c1-3-21-17(19)18(2,20)14-8-9-16-13(11-14)10-12-6-4-5-7-15(12)22-16/h4-9,11,20H,3,10H2,1-2H3. The third kappa shape index (κ3) is 2.46. The first kappa shape index (κ1) is 14.6. The van der Waals surface area contributed by atoms with Crippen LogP contribution in [0.1, 0.15) is 30.5 Å². The number of hydrogen-bond acceptors (Lipinski definition) is 4. The van der Waals surface area contributed by atoms with E-state index >= 15 is 0 Å². The van der Waals surface area contributed by atoms with Crippen molar-refractivity contribution in [2.45, 2.75) is 25.9 Å². The molecule has 2 aromatic rings. The van der Waals surface area contributed by atoms with E-state index in [1.54, 1.807) is 19.1 Å². The lowest BCUT2D eigenvalue weighted by molar-refractivity contribution is -0.164. The minimum atomic E-state index is -1.66. The topological polar surface area (TPSA) is 55.8 Å². The molecule has 114 valence electrons. The third-order valence-corrected chi connectivity index (χ3v) is 3.87. The molecule has 1 atom stereocenters. The van der Waals surface area contributed by atoms with Crippen LogP contribution in [0.15, 0.2) is 42.5 Å². The monoisotopic (exact) mass is 298 g/mol. The fraction of sp³-hybridized carbons (Fsp3) is 0.278. The molecule has 1 unspecified atom stereocenters. The molecule has 0 amide bonds. The van der Waals surface area contributed by atoms with Gasteiger partial charge in [0.2, 0.25) is 0 Å². The Hall–Kier alpha value is -2.33. The Bertz CT molecular complexity index is 719. The molecule has 0 bridgehead atoms. The SMILES string of the molecule is CCOC(=O)C(C)(O)c1ccc2c(c1)Cc1ccccc1O2. The smallest absolute Gasteiger partial charge is 0.342 e. The average Bonchev–Trinajstić information content (AvgIpc) is 2.52. The molecule has 4 heteroatoms. The molecule has 0 spiro atoms. The number of rotatable bonds is 3. The van der Waals surface area contributed by atoms with Crippen molar-refractivity contribution in [1.29, 1.82) is 0 Å². The van der Waals surface area contributed by atoms with Gasteiger partial charge < -0.3 is 14.6 Å². The fourth-order valence-corrected chi connectivity index (χ4v) is 2.58. The third-order valence-electron chi connectivity index (χ3n) is 3.87. The predicted molar refractivity (Wildman–Crippen MR) is 82.0 cm³/mol. The molecule has 0 saturated heterocycles. The summed E-state index contributed by atoms with van der Waals surface area (Å²) in [5, 5.41) is 10.5. The molecular weight excluding hydrogens is 280 g/mol. The Morgan fingerprint density at radius 3 is 2.73 bits per heavy atom. The van der Waals surface area contributed by atoms with Crippen LogP contribution in [0.4, 0.5) is 0 Å². The van der Waals surface area contributed by atoms with Crippen molar-refractivity contribution in [1.82, 2.24) is 0 Å². The van der Waals surface area contributed by atoms with Gasteiger partial charge in [0.1, 0.15) is 11.5 Å². The normalized spacial score (nSPS) is 15.0. The van der Waals surface area contributed by atoms with E-state index in [9.17, 15) is 9.90 Å². The van der Waals surface area contributed by atoms with Gasteiger partial charge in [-0.05, 0) is 48.7 Å². The van der Waals surface area contributed by atoms with Crippen molar-refractivity contribution in [3.8, 4) is 11.5 Å². The molecule has 1 N–H and O–H groups in total. The van der Waals surface area contributed by atoms with Gasteiger partial charge in [-0.25, -0.2) is 4.79 Å². The largest absolute Gasteiger partial charge is 0.464 e. The van der Waals surface area contributed by atoms with E-state index < -0.39 is 11.6 Å². The number of benzene rings is 2. The summed E-state index contributed by atoms with van der Waals surface area (Å²) in [6.45, 7) is 3.40. The van der Waals surface area contributed by atoms with Gasteiger partial charge in [0.25, 0.3) is 0 Å². The Morgan fingerprint density at radius 1 is 1.23 bits per heavy atom. The first-order chi connectivity index (χ1) is 10.5. The number of carbonyl (C=O) groups is 1. The zero-order valence-electron chi connectivity index (χ0n) is 12.6. The lowest BCUT2D eigenvalue weighted by atomic mass is 9.91. The van der Waals surface area contributed by atoms with Crippen LogP contribution in [0.2, 0.25) is 0 Å². The first-order valence-electron chi connectivity index (χ1n) is 7.31. The van der Waals surface area contributed by atoms with Crippen molar-refractivity contribution in [2.75, 3.05) is 6.61 Å². The Labute approximate surface area is 129 Å². The lowest BCUT2D eigenvalue weighted by Gasteiger charge is -2.25. The molecule has 0 saturated carbocycles. The molecule has 0 aromatic heterocycles. The van der Waals surface area contributed by atoms with Crippen LogP contribution < -0.4 is 4.74 Å². The maximum Gasteiger partial charge on any atom is 0.342 e. The van der Waals surface area contributed by atoms with Gasteiger partial charge >= 0.3 is 5.97 Å². The van der Waals surface area contributed by atoms with E-state index in [2.05, 4.69) is 0 Å². The van der Waals surface area contributed by atoms with Crippen LogP contribution in [-0.2, 0) is 21.6 Å². The number of esters is 1. The van der Waals surface area contributed by atoms with Gasteiger partial charge in [0, 0.05) is 6.42 Å². The van der Waals surface area contributed by atoms with Crippen LogP contribution in [0, 0.1) is 0 Å². The molecule has 4 nitrogen and oxygen atoms in total. The van der Waals surface area contributed by atoms with E-state index in [4.69, 9.17) is 9.47 Å². The molecule has 1 heterocycles. The molecule has 3 rings (SSSR count). The summed E-state index contributed by atoms with van der Waals surface area (Å²) in [7, 11) is 0. The Balaban J connectivity index is 1.94. The summed E-state index contributed by atoms with van der Waals surface area (Å²) >= 11 is 0. The van der Waals surface area contributed by atoms with E-state index in [0.717, 1.165) is 22.6 Å². The zero-order valence-corrected chi connectivity index (χ0v) is 12.6. The molecular formula is C18H18O4. The average molecular weight is 298 g/mol. The molecule has 0 radical (unpaired) electrons. The lowest BCUT2D eigenvalue weighted by Crippen LogP contribution is -2.34. The predicted octanol–water partition coefficient (Wildman–Crippen LogP) is 3.15. The maximum absolute atomic E-state index is 11.9. The second-order valence-corrected chi connectivity index (χ2v) is 5.50. The molecule has 1 aliphatic heterocycles. The number of fused-ring (bicyclic) bond motifs is 2. The van der Waals surface area contributed by atoms with Crippen molar-refractivity contribution in [3.05, 3.63) is 59.2 Å². The zero-order chi connectivity index (χ0) is 15.7. The van der Waals surface area contributed by atoms with E-state index in [1.165, 1.54) is 6.92 Å². The molecule has 0 aliphatic carbocycles. The second kappa shape index (κ2) is 5.46. The van der Waals surface area contributed by atoms with Crippen molar-refractivity contribution in [3.63, 3.8) is 0 Å². The maximum atomic E-state index is 11.9. The van der Waals surface area contributed by atoms with E-state index in [0.29, 0.717) is 12.0 Å². The molecule has 2 aromatic carbocycles. The summed E-state index contributed by atoms with van der Waals surface area (Å²) in [4.78, 5) is 11.9. The van der Waals surface area contributed by atoms with Crippen molar-refractivity contribution < 1.29 is 19.4 Å². The van der Waals surface area contributed by atoms with Gasteiger partial charge in [-0.2, -0.15) is 0 Å². The highest BCUT2D eigenvalue weighted by Gasteiger charge is 2.35. The van der Waals surface area contributed by atoms with Crippen LogP contribution in [0.25, 0.3) is 0 Å². The van der Waals surface area contributed by atoms with Crippen LogP contribution in [0.5, 0.6) is 11.5 Å².